The van der Waals surface area contributed by atoms with E-state index in [9.17, 15) is 23.1 Å². The molecule has 3 aromatic rings. The number of aryl methyl sites for hydroxylation is 1. The third-order valence-electron chi connectivity index (χ3n) is 3.98. The normalized spacial score (nSPS) is 11.8. The van der Waals surface area contributed by atoms with Crippen LogP contribution in [-0.4, -0.2) is 11.0 Å². The molecule has 0 fully saturated rings. The van der Waals surface area contributed by atoms with Crippen LogP contribution in [0.15, 0.2) is 47.1 Å². The maximum absolute atomic E-state index is 13.0. The summed E-state index contributed by atoms with van der Waals surface area (Å²) in [6.07, 6.45) is -2.59. The standard InChI is InChI=1S/C13H6ClF3O.C7H9NO3/c14-10-4-2-1-3-8(10)12-9(13(15,16)17)5-7-6-11(12)18-7;1-2-6-8-5(4-11-6)3-7(9)10/h1-6H;4H,2-3H2,1H3,(H,9,10)/p-1. The summed E-state index contributed by atoms with van der Waals surface area (Å²) in [6, 6.07) is 8.96. The second-order valence-electron chi connectivity index (χ2n) is 6.06. The summed E-state index contributed by atoms with van der Waals surface area (Å²) >= 11 is 5.95. The number of hydrogen-bond donors (Lipinski definition) is 0. The number of aliphatic carboxylic acids is 1. The molecule has 1 aromatic heterocycles. The number of carbonyl (C=O) groups excluding carboxylic acids is 1. The molecule has 2 bridgehead atoms. The number of carboxylic acid groups (broad SMARTS) is 1. The lowest BCUT2D eigenvalue weighted by Crippen LogP contribution is -2.24. The highest BCUT2D eigenvalue weighted by atomic mass is 35.5. The maximum Gasteiger partial charge on any atom is 0.417 e. The zero-order valence-electron chi connectivity index (χ0n) is 15.0. The van der Waals surface area contributed by atoms with Gasteiger partial charge in [0.1, 0.15) is 17.8 Å². The first kappa shape index (κ1) is 20.7. The molecule has 0 aliphatic carbocycles. The van der Waals surface area contributed by atoms with Gasteiger partial charge in [0, 0.05) is 41.0 Å². The molecule has 3 heterocycles. The average molecular weight is 425 g/mol. The van der Waals surface area contributed by atoms with Crippen LogP contribution in [0.3, 0.4) is 0 Å². The van der Waals surface area contributed by atoms with Crippen molar-refractivity contribution in [1.82, 2.24) is 4.98 Å². The van der Waals surface area contributed by atoms with Gasteiger partial charge in [0.15, 0.2) is 5.89 Å². The number of ether oxygens (including phenoxy) is 1. The number of fused-ring (bicyclic) bond motifs is 2. The SMILES string of the molecule is CCc1nc(CC(=O)[O-])co1.FC(F)(F)c1cc2cc(c1-c1ccccc1Cl)O2. The fraction of sp³-hybridized carbons (Fsp3) is 0.200. The lowest BCUT2D eigenvalue weighted by atomic mass is 9.95. The van der Waals surface area contributed by atoms with Crippen LogP contribution in [0.2, 0.25) is 5.02 Å². The van der Waals surface area contributed by atoms with Crippen molar-refractivity contribution >= 4 is 17.6 Å². The van der Waals surface area contributed by atoms with Crippen molar-refractivity contribution in [2.75, 3.05) is 0 Å². The first-order valence-corrected chi connectivity index (χ1v) is 8.88. The molecule has 0 unspecified atom stereocenters. The van der Waals surface area contributed by atoms with Crippen molar-refractivity contribution in [3.63, 3.8) is 0 Å². The second kappa shape index (κ2) is 8.16. The van der Waals surface area contributed by atoms with Gasteiger partial charge in [-0.25, -0.2) is 4.98 Å². The molecule has 0 saturated carbocycles. The highest BCUT2D eigenvalue weighted by Crippen LogP contribution is 2.52. The number of carboxylic acids is 1. The molecule has 0 saturated heterocycles. The molecule has 0 atom stereocenters. The van der Waals surface area contributed by atoms with E-state index in [4.69, 9.17) is 20.8 Å². The largest absolute Gasteiger partial charge is 0.550 e. The Morgan fingerprint density at radius 3 is 2.48 bits per heavy atom. The molecule has 2 aromatic carbocycles. The third kappa shape index (κ3) is 4.71. The molecule has 29 heavy (non-hydrogen) atoms. The first-order chi connectivity index (χ1) is 13.7. The van der Waals surface area contributed by atoms with Gasteiger partial charge in [0.2, 0.25) is 0 Å². The fourth-order valence-electron chi connectivity index (χ4n) is 2.70. The Bertz CT molecular complexity index is 1050. The molecule has 2 aliphatic heterocycles. The maximum atomic E-state index is 13.0. The second-order valence-corrected chi connectivity index (χ2v) is 6.47. The van der Waals surface area contributed by atoms with Crippen LogP contribution in [0.25, 0.3) is 11.1 Å². The quantitative estimate of drug-likeness (QED) is 0.476. The first-order valence-electron chi connectivity index (χ1n) is 8.50. The van der Waals surface area contributed by atoms with Crippen molar-refractivity contribution in [1.29, 1.82) is 0 Å². The predicted molar refractivity (Wildman–Crippen MR) is 96.6 cm³/mol. The minimum Gasteiger partial charge on any atom is -0.550 e. The number of carbonyl (C=O) groups is 1. The van der Waals surface area contributed by atoms with E-state index in [0.717, 1.165) is 6.07 Å². The molecule has 0 amide bonds. The predicted octanol–water partition coefficient (Wildman–Crippen LogP) is 4.66. The van der Waals surface area contributed by atoms with Gasteiger partial charge in [0.05, 0.1) is 11.3 Å². The number of rotatable bonds is 4. The van der Waals surface area contributed by atoms with Crippen LogP contribution in [0, 0.1) is 0 Å². The summed E-state index contributed by atoms with van der Waals surface area (Å²) in [4.78, 5) is 14.0. The van der Waals surface area contributed by atoms with E-state index >= 15 is 0 Å². The molecule has 5 rings (SSSR count). The van der Waals surface area contributed by atoms with E-state index in [1.165, 1.54) is 6.26 Å². The van der Waals surface area contributed by atoms with Crippen LogP contribution in [-0.2, 0) is 23.8 Å². The van der Waals surface area contributed by atoms with E-state index in [1.807, 2.05) is 6.92 Å². The summed E-state index contributed by atoms with van der Waals surface area (Å²) in [5, 5.41) is 10.3. The van der Waals surface area contributed by atoms with Crippen LogP contribution >= 0.6 is 11.6 Å². The molecule has 152 valence electrons. The van der Waals surface area contributed by atoms with Crippen molar-refractivity contribution < 1.29 is 32.2 Å². The van der Waals surface area contributed by atoms with Gasteiger partial charge in [-0.3, -0.25) is 0 Å². The highest BCUT2D eigenvalue weighted by Gasteiger charge is 2.39. The van der Waals surface area contributed by atoms with Crippen molar-refractivity contribution in [3.05, 3.63) is 64.8 Å². The number of hydrogen-bond acceptors (Lipinski definition) is 5. The highest BCUT2D eigenvalue weighted by molar-refractivity contribution is 6.33. The summed E-state index contributed by atoms with van der Waals surface area (Å²) in [5.41, 5.74) is 0.0343. The van der Waals surface area contributed by atoms with E-state index in [2.05, 4.69) is 4.98 Å². The minimum absolute atomic E-state index is 0.00287. The molecule has 0 spiro atoms. The van der Waals surface area contributed by atoms with Gasteiger partial charge in [-0.1, -0.05) is 36.7 Å². The number of aromatic nitrogens is 1. The third-order valence-corrected chi connectivity index (χ3v) is 4.31. The molecule has 5 nitrogen and oxygen atoms in total. The van der Waals surface area contributed by atoms with Gasteiger partial charge in [-0.15, -0.1) is 0 Å². The molecule has 2 aliphatic rings. The number of benzene rings is 2. The summed E-state index contributed by atoms with van der Waals surface area (Å²) in [5.74, 6) is -0.136. The number of alkyl halides is 3. The van der Waals surface area contributed by atoms with Crippen LogP contribution < -0.4 is 9.84 Å². The Kier molecular flexibility index (Phi) is 5.83. The van der Waals surface area contributed by atoms with E-state index in [-0.39, 0.29) is 28.5 Å². The van der Waals surface area contributed by atoms with Gasteiger partial charge in [0.25, 0.3) is 0 Å². The summed E-state index contributed by atoms with van der Waals surface area (Å²) in [6.45, 7) is 1.88. The van der Waals surface area contributed by atoms with Gasteiger partial charge in [-0.2, -0.15) is 13.2 Å². The fourth-order valence-corrected chi connectivity index (χ4v) is 2.93. The van der Waals surface area contributed by atoms with Crippen LogP contribution in [0.5, 0.6) is 11.5 Å². The smallest absolute Gasteiger partial charge is 0.417 e. The molecular formula is C20H14ClF3NO4-. The molecule has 9 heteroatoms. The molecule has 0 N–H and O–H groups in total. The van der Waals surface area contributed by atoms with Crippen molar-refractivity contribution in [3.8, 4) is 22.6 Å². The van der Waals surface area contributed by atoms with Crippen molar-refractivity contribution in [2.45, 2.75) is 25.9 Å². The topological polar surface area (TPSA) is 75.4 Å². The number of halogens is 4. The Labute approximate surface area is 168 Å². The van der Waals surface area contributed by atoms with Gasteiger partial charge >= 0.3 is 6.18 Å². The van der Waals surface area contributed by atoms with Crippen molar-refractivity contribution in [2.24, 2.45) is 0 Å². The average Bonchev–Trinajstić information content (AvgIpc) is 3.07. The van der Waals surface area contributed by atoms with E-state index < -0.39 is 17.7 Å². The summed E-state index contributed by atoms with van der Waals surface area (Å²) < 4.78 is 49.0. The zero-order valence-corrected chi connectivity index (χ0v) is 15.8. The van der Waals surface area contributed by atoms with E-state index in [0.29, 0.717) is 23.6 Å². The Hall–Kier alpha value is -3.00. The van der Waals surface area contributed by atoms with Gasteiger partial charge in [-0.05, 0) is 12.1 Å². The zero-order chi connectivity index (χ0) is 21.2. The monoisotopic (exact) mass is 424 g/mol. The Balaban J connectivity index is 0.000000188. The summed E-state index contributed by atoms with van der Waals surface area (Å²) in [7, 11) is 0. The van der Waals surface area contributed by atoms with E-state index in [1.54, 1.807) is 30.3 Å². The molecule has 0 radical (unpaired) electrons. The van der Waals surface area contributed by atoms with Crippen LogP contribution in [0.4, 0.5) is 13.2 Å². The number of nitrogens with zero attached hydrogens (tertiary/aromatic N) is 1. The minimum atomic E-state index is -4.43. The Morgan fingerprint density at radius 1 is 1.24 bits per heavy atom. The molecular weight excluding hydrogens is 411 g/mol. The van der Waals surface area contributed by atoms with Crippen LogP contribution in [0.1, 0.15) is 24.1 Å². The lowest BCUT2D eigenvalue weighted by molar-refractivity contribution is -0.304. The van der Waals surface area contributed by atoms with Gasteiger partial charge < -0.3 is 19.1 Å². The Morgan fingerprint density at radius 2 is 1.93 bits per heavy atom. The lowest BCUT2D eigenvalue weighted by Gasteiger charge is -2.25. The number of oxazole rings is 1.